The van der Waals surface area contributed by atoms with E-state index in [0.717, 1.165) is 24.1 Å². The molecular weight excluding hydrogens is 366 g/mol. The maximum atomic E-state index is 13.1. The van der Waals surface area contributed by atoms with Crippen LogP contribution in [0.25, 0.3) is 11.3 Å². The zero-order valence-corrected chi connectivity index (χ0v) is 17.6. The Balaban J connectivity index is 1.83. The van der Waals surface area contributed by atoms with Crippen molar-refractivity contribution in [1.29, 1.82) is 0 Å². The summed E-state index contributed by atoms with van der Waals surface area (Å²) in [5.74, 6) is 1.08. The standard InChI is InChI=1S/C23H31N3O3/c1-4-24-22(28)23(11-8-12-26(16-23)21(27)13-17(2)3)15-19-14-20(25-29-19)18-9-6-5-7-10-18/h5-7,9-10,14,17H,4,8,11-13,15-16H2,1-3H3,(H,24,28)/t23-/m1/s1. The second kappa shape index (κ2) is 9.25. The molecule has 6 heteroatoms. The molecule has 1 aromatic carbocycles. The van der Waals surface area contributed by atoms with Crippen LogP contribution < -0.4 is 5.32 Å². The molecule has 0 aliphatic carbocycles. The van der Waals surface area contributed by atoms with Gasteiger partial charge in [-0.15, -0.1) is 0 Å². The summed E-state index contributed by atoms with van der Waals surface area (Å²) in [5, 5.41) is 7.17. The molecule has 1 saturated heterocycles. The van der Waals surface area contributed by atoms with Crippen LogP contribution in [0, 0.1) is 11.3 Å². The highest BCUT2D eigenvalue weighted by atomic mass is 16.5. The number of amides is 2. The summed E-state index contributed by atoms with van der Waals surface area (Å²) in [4.78, 5) is 27.6. The van der Waals surface area contributed by atoms with Crippen LogP contribution in [0.5, 0.6) is 0 Å². The first-order chi connectivity index (χ1) is 13.9. The number of carbonyl (C=O) groups is 2. The molecule has 1 aromatic heterocycles. The van der Waals surface area contributed by atoms with Crippen molar-refractivity contribution in [1.82, 2.24) is 15.4 Å². The minimum atomic E-state index is -0.686. The van der Waals surface area contributed by atoms with Gasteiger partial charge in [0.15, 0.2) is 0 Å². The molecule has 1 N–H and O–H groups in total. The number of carbonyl (C=O) groups excluding carboxylic acids is 2. The van der Waals surface area contributed by atoms with Crippen molar-refractivity contribution in [3.8, 4) is 11.3 Å². The smallest absolute Gasteiger partial charge is 0.228 e. The van der Waals surface area contributed by atoms with Gasteiger partial charge in [-0.25, -0.2) is 0 Å². The monoisotopic (exact) mass is 397 g/mol. The molecular formula is C23H31N3O3. The summed E-state index contributed by atoms with van der Waals surface area (Å²) in [7, 11) is 0. The van der Waals surface area contributed by atoms with Gasteiger partial charge in [-0.2, -0.15) is 0 Å². The molecule has 0 saturated carbocycles. The fourth-order valence-electron chi connectivity index (χ4n) is 4.06. The number of benzene rings is 1. The second-order valence-corrected chi connectivity index (χ2v) is 8.38. The van der Waals surface area contributed by atoms with E-state index in [1.54, 1.807) is 0 Å². The van der Waals surface area contributed by atoms with Crippen molar-refractivity contribution in [3.05, 3.63) is 42.2 Å². The summed E-state index contributed by atoms with van der Waals surface area (Å²) < 4.78 is 5.60. The molecule has 156 valence electrons. The first kappa shape index (κ1) is 21.1. The van der Waals surface area contributed by atoms with E-state index in [1.165, 1.54) is 0 Å². The predicted molar refractivity (Wildman–Crippen MR) is 112 cm³/mol. The predicted octanol–water partition coefficient (Wildman–Crippen LogP) is 3.68. The van der Waals surface area contributed by atoms with E-state index in [2.05, 4.69) is 10.5 Å². The molecule has 2 aromatic rings. The Morgan fingerprint density at radius 2 is 2.03 bits per heavy atom. The average molecular weight is 398 g/mol. The third kappa shape index (κ3) is 5.05. The number of hydrogen-bond donors (Lipinski definition) is 1. The van der Waals surface area contributed by atoms with E-state index in [-0.39, 0.29) is 11.8 Å². The van der Waals surface area contributed by atoms with Crippen molar-refractivity contribution in [2.45, 2.75) is 46.5 Å². The Hall–Kier alpha value is -2.63. The maximum Gasteiger partial charge on any atom is 0.228 e. The molecule has 1 fully saturated rings. The van der Waals surface area contributed by atoms with Crippen LogP contribution in [-0.2, 0) is 16.0 Å². The Labute approximate surface area is 172 Å². The van der Waals surface area contributed by atoms with Gasteiger partial charge in [0.2, 0.25) is 11.8 Å². The van der Waals surface area contributed by atoms with E-state index in [9.17, 15) is 9.59 Å². The molecule has 0 unspecified atom stereocenters. The van der Waals surface area contributed by atoms with Crippen molar-refractivity contribution in [3.63, 3.8) is 0 Å². The normalized spacial score (nSPS) is 19.4. The number of rotatable bonds is 7. The van der Waals surface area contributed by atoms with Gasteiger partial charge < -0.3 is 14.7 Å². The minimum absolute atomic E-state index is 0.0142. The zero-order chi connectivity index (χ0) is 20.9. The third-order valence-electron chi connectivity index (χ3n) is 5.47. The molecule has 29 heavy (non-hydrogen) atoms. The number of nitrogens with one attached hydrogen (secondary N) is 1. The highest BCUT2D eigenvalue weighted by Crippen LogP contribution is 2.35. The molecule has 0 radical (unpaired) electrons. The number of nitrogens with zero attached hydrogens (tertiary/aromatic N) is 2. The molecule has 3 rings (SSSR count). The van der Waals surface area contributed by atoms with Gasteiger partial charge in [0, 0.05) is 44.1 Å². The molecule has 1 atom stereocenters. The lowest BCUT2D eigenvalue weighted by molar-refractivity contribution is -0.142. The van der Waals surface area contributed by atoms with Crippen molar-refractivity contribution >= 4 is 11.8 Å². The largest absolute Gasteiger partial charge is 0.361 e. The number of likely N-dealkylation sites (tertiary alicyclic amines) is 1. The van der Waals surface area contributed by atoms with Crippen LogP contribution in [0.3, 0.4) is 0 Å². The van der Waals surface area contributed by atoms with Gasteiger partial charge in [0.05, 0.1) is 5.41 Å². The lowest BCUT2D eigenvalue weighted by Gasteiger charge is -2.41. The molecule has 0 bridgehead atoms. The highest BCUT2D eigenvalue weighted by Gasteiger charge is 2.44. The molecule has 2 heterocycles. The number of aromatic nitrogens is 1. The van der Waals surface area contributed by atoms with Crippen LogP contribution in [0.4, 0.5) is 0 Å². The Bertz CT molecular complexity index is 831. The Morgan fingerprint density at radius 1 is 1.28 bits per heavy atom. The van der Waals surface area contributed by atoms with Crippen molar-refractivity contribution in [2.75, 3.05) is 19.6 Å². The molecule has 0 spiro atoms. The van der Waals surface area contributed by atoms with Crippen LogP contribution in [0.2, 0.25) is 0 Å². The second-order valence-electron chi connectivity index (χ2n) is 8.38. The summed E-state index contributed by atoms with van der Waals surface area (Å²) in [6, 6.07) is 11.7. The summed E-state index contributed by atoms with van der Waals surface area (Å²) in [6.07, 6.45) is 2.47. The van der Waals surface area contributed by atoms with Crippen LogP contribution in [0.15, 0.2) is 40.9 Å². The van der Waals surface area contributed by atoms with Crippen LogP contribution >= 0.6 is 0 Å². The third-order valence-corrected chi connectivity index (χ3v) is 5.47. The summed E-state index contributed by atoms with van der Waals surface area (Å²) in [5.41, 5.74) is 1.05. The Morgan fingerprint density at radius 3 is 2.72 bits per heavy atom. The van der Waals surface area contributed by atoms with E-state index >= 15 is 0 Å². The highest BCUT2D eigenvalue weighted by molar-refractivity contribution is 5.85. The maximum absolute atomic E-state index is 13.1. The topological polar surface area (TPSA) is 75.4 Å². The van der Waals surface area contributed by atoms with Gasteiger partial charge in [0.1, 0.15) is 11.5 Å². The summed E-state index contributed by atoms with van der Waals surface area (Å²) >= 11 is 0. The summed E-state index contributed by atoms with van der Waals surface area (Å²) in [6.45, 7) is 7.69. The zero-order valence-electron chi connectivity index (χ0n) is 17.6. The van der Waals surface area contributed by atoms with E-state index in [1.807, 2.05) is 62.1 Å². The minimum Gasteiger partial charge on any atom is -0.361 e. The first-order valence-corrected chi connectivity index (χ1v) is 10.5. The number of hydrogen-bond acceptors (Lipinski definition) is 4. The van der Waals surface area contributed by atoms with E-state index in [0.29, 0.717) is 44.2 Å². The molecule has 6 nitrogen and oxygen atoms in total. The van der Waals surface area contributed by atoms with E-state index in [4.69, 9.17) is 4.52 Å². The molecule has 1 aliphatic heterocycles. The van der Waals surface area contributed by atoms with Crippen molar-refractivity contribution in [2.24, 2.45) is 11.3 Å². The van der Waals surface area contributed by atoms with Gasteiger partial charge >= 0.3 is 0 Å². The van der Waals surface area contributed by atoms with E-state index < -0.39 is 5.41 Å². The number of piperidine rings is 1. The SMILES string of the molecule is CCNC(=O)[C@@]1(Cc2cc(-c3ccccc3)no2)CCCN(C(=O)CC(C)C)C1. The van der Waals surface area contributed by atoms with Crippen LogP contribution in [0.1, 0.15) is 45.8 Å². The lowest BCUT2D eigenvalue weighted by Crippen LogP contribution is -2.54. The fraction of sp³-hybridized carbons (Fsp3) is 0.522. The lowest BCUT2D eigenvalue weighted by atomic mass is 9.75. The Kier molecular flexibility index (Phi) is 6.72. The quantitative estimate of drug-likeness (QED) is 0.773. The molecule has 1 aliphatic rings. The first-order valence-electron chi connectivity index (χ1n) is 10.5. The van der Waals surface area contributed by atoms with Gasteiger partial charge in [-0.3, -0.25) is 9.59 Å². The van der Waals surface area contributed by atoms with Gasteiger partial charge in [-0.1, -0.05) is 49.3 Å². The molecule has 2 amide bonds. The van der Waals surface area contributed by atoms with Gasteiger partial charge in [-0.05, 0) is 25.7 Å². The van der Waals surface area contributed by atoms with Crippen LogP contribution in [-0.4, -0.2) is 41.5 Å². The van der Waals surface area contributed by atoms with Crippen molar-refractivity contribution < 1.29 is 14.1 Å². The fourth-order valence-corrected chi connectivity index (χ4v) is 4.06. The van der Waals surface area contributed by atoms with Gasteiger partial charge in [0.25, 0.3) is 0 Å². The average Bonchev–Trinajstić information content (AvgIpc) is 3.17.